The van der Waals surface area contributed by atoms with Crippen LogP contribution in [0.3, 0.4) is 0 Å². The molecule has 2 atom stereocenters. The SMILES string of the molecule is Cc1cc(C(=O)N2C(C)CCCC2C)ccc1C#CCN. The molecule has 1 aromatic carbocycles. The number of carbonyl (C=O) groups excluding carboxylic acids is 1. The lowest BCUT2D eigenvalue weighted by atomic mass is 9.95. The number of benzene rings is 1. The van der Waals surface area contributed by atoms with Crippen molar-refractivity contribution in [1.29, 1.82) is 0 Å². The van der Waals surface area contributed by atoms with Gasteiger partial charge in [-0.1, -0.05) is 11.8 Å². The van der Waals surface area contributed by atoms with Crippen LogP contribution in [-0.4, -0.2) is 29.4 Å². The van der Waals surface area contributed by atoms with Crippen LogP contribution in [0.4, 0.5) is 0 Å². The number of aryl methyl sites for hydroxylation is 1. The number of amides is 1. The van der Waals surface area contributed by atoms with Crippen LogP contribution in [0.1, 0.15) is 54.6 Å². The Balaban J connectivity index is 2.25. The van der Waals surface area contributed by atoms with E-state index in [2.05, 4.69) is 25.7 Å². The third-order valence-electron chi connectivity index (χ3n) is 4.23. The highest BCUT2D eigenvalue weighted by atomic mass is 16.2. The average Bonchev–Trinajstić information content (AvgIpc) is 2.45. The molecule has 1 aromatic rings. The van der Waals surface area contributed by atoms with Crippen LogP contribution in [0, 0.1) is 18.8 Å². The molecule has 112 valence electrons. The molecule has 1 aliphatic rings. The highest BCUT2D eigenvalue weighted by Crippen LogP contribution is 2.25. The van der Waals surface area contributed by atoms with Gasteiger partial charge in [0.1, 0.15) is 0 Å². The van der Waals surface area contributed by atoms with E-state index in [0.717, 1.165) is 29.5 Å². The second-order valence-corrected chi connectivity index (χ2v) is 5.88. The molecule has 0 aromatic heterocycles. The molecule has 2 rings (SSSR count). The van der Waals surface area contributed by atoms with Gasteiger partial charge in [0, 0.05) is 23.2 Å². The maximum atomic E-state index is 12.8. The van der Waals surface area contributed by atoms with Gasteiger partial charge in [-0.2, -0.15) is 0 Å². The van der Waals surface area contributed by atoms with Crippen molar-refractivity contribution < 1.29 is 4.79 Å². The first-order valence-electron chi connectivity index (χ1n) is 7.67. The second-order valence-electron chi connectivity index (χ2n) is 5.88. The van der Waals surface area contributed by atoms with Crippen molar-refractivity contribution in [1.82, 2.24) is 4.90 Å². The number of rotatable bonds is 1. The van der Waals surface area contributed by atoms with E-state index < -0.39 is 0 Å². The number of nitrogens with zero attached hydrogens (tertiary/aromatic N) is 1. The van der Waals surface area contributed by atoms with Crippen molar-refractivity contribution in [2.45, 2.75) is 52.1 Å². The van der Waals surface area contributed by atoms with E-state index in [9.17, 15) is 4.79 Å². The monoisotopic (exact) mass is 284 g/mol. The van der Waals surface area contributed by atoms with Gasteiger partial charge in [0.05, 0.1) is 6.54 Å². The first kappa shape index (κ1) is 15.6. The van der Waals surface area contributed by atoms with Crippen LogP contribution in [-0.2, 0) is 0 Å². The summed E-state index contributed by atoms with van der Waals surface area (Å²) in [5.41, 5.74) is 8.12. The van der Waals surface area contributed by atoms with Crippen molar-refractivity contribution in [2.24, 2.45) is 5.73 Å². The molecular weight excluding hydrogens is 260 g/mol. The van der Waals surface area contributed by atoms with Crippen LogP contribution in [0.25, 0.3) is 0 Å². The Kier molecular flexibility index (Phi) is 5.03. The van der Waals surface area contributed by atoms with Gasteiger partial charge in [-0.15, -0.1) is 0 Å². The van der Waals surface area contributed by atoms with Crippen molar-refractivity contribution in [3.8, 4) is 11.8 Å². The Hall–Kier alpha value is -1.79. The van der Waals surface area contributed by atoms with E-state index in [4.69, 9.17) is 5.73 Å². The standard InChI is InChI=1S/C18H24N2O/c1-13-12-17(10-9-16(13)8-5-11-19)18(21)20-14(2)6-4-7-15(20)3/h9-10,12,14-15H,4,6-7,11,19H2,1-3H3. The van der Waals surface area contributed by atoms with E-state index in [1.165, 1.54) is 6.42 Å². The van der Waals surface area contributed by atoms with Crippen LogP contribution < -0.4 is 5.73 Å². The van der Waals surface area contributed by atoms with Gasteiger partial charge in [-0.25, -0.2) is 0 Å². The van der Waals surface area contributed by atoms with Crippen molar-refractivity contribution >= 4 is 5.91 Å². The Morgan fingerprint density at radius 2 is 2.00 bits per heavy atom. The molecule has 0 radical (unpaired) electrons. The third kappa shape index (κ3) is 3.46. The number of hydrogen-bond donors (Lipinski definition) is 1. The fraction of sp³-hybridized carbons (Fsp3) is 0.500. The van der Waals surface area contributed by atoms with Gasteiger partial charge < -0.3 is 10.6 Å². The van der Waals surface area contributed by atoms with E-state index in [1.807, 2.05) is 30.0 Å². The summed E-state index contributed by atoms with van der Waals surface area (Å²) in [5.74, 6) is 6.03. The molecule has 3 nitrogen and oxygen atoms in total. The molecule has 0 bridgehead atoms. The molecular formula is C18H24N2O. The molecule has 1 fully saturated rings. The summed E-state index contributed by atoms with van der Waals surface area (Å²) in [7, 11) is 0. The minimum atomic E-state index is 0.135. The molecule has 3 heteroatoms. The topological polar surface area (TPSA) is 46.3 Å². The van der Waals surface area contributed by atoms with Gasteiger partial charge >= 0.3 is 0 Å². The smallest absolute Gasteiger partial charge is 0.254 e. The van der Waals surface area contributed by atoms with Gasteiger partial charge in [0.2, 0.25) is 0 Å². The van der Waals surface area contributed by atoms with E-state index in [0.29, 0.717) is 18.6 Å². The summed E-state index contributed by atoms with van der Waals surface area (Å²) in [6.07, 6.45) is 3.39. The fourth-order valence-corrected chi connectivity index (χ4v) is 3.05. The lowest BCUT2D eigenvalue weighted by Gasteiger charge is -2.39. The van der Waals surface area contributed by atoms with Crippen molar-refractivity contribution in [2.75, 3.05) is 6.54 Å². The minimum absolute atomic E-state index is 0.135. The van der Waals surface area contributed by atoms with Crippen LogP contribution >= 0.6 is 0 Å². The van der Waals surface area contributed by atoms with Crippen LogP contribution in [0.5, 0.6) is 0 Å². The number of likely N-dealkylation sites (tertiary alicyclic amines) is 1. The summed E-state index contributed by atoms with van der Waals surface area (Å²) in [5, 5.41) is 0. The second kappa shape index (κ2) is 6.78. The van der Waals surface area contributed by atoms with E-state index in [1.54, 1.807) is 0 Å². The molecule has 0 saturated carbocycles. The van der Waals surface area contributed by atoms with Gasteiger partial charge in [0.15, 0.2) is 0 Å². The van der Waals surface area contributed by atoms with Gasteiger partial charge in [-0.05, 0) is 63.8 Å². The normalized spacial score (nSPS) is 21.6. The number of hydrogen-bond acceptors (Lipinski definition) is 2. The summed E-state index contributed by atoms with van der Waals surface area (Å²) in [4.78, 5) is 14.8. The Morgan fingerprint density at radius 3 is 2.57 bits per heavy atom. The summed E-state index contributed by atoms with van der Waals surface area (Å²) in [6.45, 7) is 6.62. The number of carbonyl (C=O) groups is 1. The molecule has 2 unspecified atom stereocenters. The largest absolute Gasteiger partial charge is 0.333 e. The third-order valence-corrected chi connectivity index (χ3v) is 4.23. The lowest BCUT2D eigenvalue weighted by Crippen LogP contribution is -2.47. The number of nitrogens with two attached hydrogens (primary N) is 1. The van der Waals surface area contributed by atoms with Crippen LogP contribution in [0.15, 0.2) is 18.2 Å². The average molecular weight is 284 g/mol. The van der Waals surface area contributed by atoms with E-state index >= 15 is 0 Å². The van der Waals surface area contributed by atoms with Gasteiger partial charge in [-0.3, -0.25) is 4.79 Å². The zero-order valence-electron chi connectivity index (χ0n) is 13.1. The summed E-state index contributed by atoms with van der Waals surface area (Å²) < 4.78 is 0. The minimum Gasteiger partial charge on any atom is -0.333 e. The van der Waals surface area contributed by atoms with Gasteiger partial charge in [0.25, 0.3) is 5.91 Å². The highest BCUT2D eigenvalue weighted by Gasteiger charge is 2.29. The first-order chi connectivity index (χ1) is 10.0. The zero-order valence-corrected chi connectivity index (χ0v) is 13.1. The molecule has 21 heavy (non-hydrogen) atoms. The Labute approximate surface area is 127 Å². The molecule has 2 N–H and O–H groups in total. The van der Waals surface area contributed by atoms with Crippen LogP contribution in [0.2, 0.25) is 0 Å². The summed E-state index contributed by atoms with van der Waals surface area (Å²) in [6, 6.07) is 6.38. The predicted octanol–water partition coefficient (Wildman–Crippen LogP) is 2.71. The molecule has 0 aliphatic carbocycles. The molecule has 1 heterocycles. The van der Waals surface area contributed by atoms with Crippen molar-refractivity contribution in [3.63, 3.8) is 0 Å². The molecule has 0 spiro atoms. The Bertz CT molecular complexity index is 573. The lowest BCUT2D eigenvalue weighted by molar-refractivity contribution is 0.0510. The molecule has 1 aliphatic heterocycles. The summed E-state index contributed by atoms with van der Waals surface area (Å²) >= 11 is 0. The maximum absolute atomic E-state index is 12.8. The quantitative estimate of drug-likeness (QED) is 0.806. The predicted molar refractivity (Wildman–Crippen MR) is 86.1 cm³/mol. The Morgan fingerprint density at radius 1 is 1.33 bits per heavy atom. The molecule has 1 saturated heterocycles. The zero-order chi connectivity index (χ0) is 15.4. The van der Waals surface area contributed by atoms with Crippen molar-refractivity contribution in [3.05, 3.63) is 34.9 Å². The fourth-order valence-electron chi connectivity index (χ4n) is 3.05. The highest BCUT2D eigenvalue weighted by molar-refractivity contribution is 5.95. The first-order valence-corrected chi connectivity index (χ1v) is 7.67. The maximum Gasteiger partial charge on any atom is 0.254 e. The molecule has 1 amide bonds. The number of piperidine rings is 1. The van der Waals surface area contributed by atoms with E-state index in [-0.39, 0.29) is 5.91 Å².